The monoisotopic (exact) mass is 553 g/mol. The number of phenols is 2. The van der Waals surface area contributed by atoms with Gasteiger partial charge in [-0.05, 0) is 53.2 Å². The number of carbonyl (C=O) groups is 2. The van der Waals surface area contributed by atoms with Gasteiger partial charge in [-0.3, -0.25) is 0 Å². The predicted molar refractivity (Wildman–Crippen MR) is 158 cm³/mol. The summed E-state index contributed by atoms with van der Waals surface area (Å²) in [6, 6.07) is 26.5. The third-order valence-corrected chi connectivity index (χ3v) is 7.14. The van der Waals surface area contributed by atoms with Gasteiger partial charge in [0.05, 0.1) is 6.10 Å². The number of aliphatic hydroxyl groups excluding tert-OH is 1. The van der Waals surface area contributed by atoms with Crippen molar-refractivity contribution in [3.05, 3.63) is 119 Å². The van der Waals surface area contributed by atoms with Gasteiger partial charge in [0.15, 0.2) is 0 Å². The molecule has 0 saturated carbocycles. The molecule has 0 fully saturated rings. The number of likely N-dealkylation sites (N-methyl/N-ethyl adjacent to an activating group) is 1. The largest absolute Gasteiger partial charge is 0.507 e. The van der Waals surface area contributed by atoms with E-state index in [2.05, 4.69) is 5.32 Å². The molecule has 0 bridgehead atoms. The Labute approximate surface area is 236 Å². The van der Waals surface area contributed by atoms with Crippen LogP contribution in [-0.4, -0.2) is 50.6 Å². The number of carboxylic acid groups (broad SMARTS) is 2. The van der Waals surface area contributed by atoms with Crippen LogP contribution in [0.4, 0.5) is 0 Å². The molecule has 0 spiro atoms. The quantitative estimate of drug-likeness (QED) is 0.150. The van der Waals surface area contributed by atoms with Gasteiger partial charge in [0, 0.05) is 23.6 Å². The number of carboxylic acids is 2. The number of nitrogens with one attached hydrogen (secondary N) is 1. The van der Waals surface area contributed by atoms with Crippen molar-refractivity contribution in [1.29, 1.82) is 0 Å². The summed E-state index contributed by atoms with van der Waals surface area (Å²) in [6.45, 7) is 1.96. The van der Waals surface area contributed by atoms with Crippen LogP contribution in [0, 0.1) is 0 Å². The smallest absolute Gasteiger partial charge is 0.339 e. The maximum absolute atomic E-state index is 11.6. The van der Waals surface area contributed by atoms with Gasteiger partial charge < -0.3 is 30.8 Å². The Balaban J connectivity index is 0.000000271. The Morgan fingerprint density at radius 1 is 0.707 bits per heavy atom. The van der Waals surface area contributed by atoms with Gasteiger partial charge in [-0.15, -0.1) is 0 Å². The third-order valence-electron chi connectivity index (χ3n) is 7.14. The number of benzene rings is 5. The fourth-order valence-corrected chi connectivity index (χ4v) is 4.78. The average molecular weight is 554 g/mol. The zero-order chi connectivity index (χ0) is 29.7. The highest BCUT2D eigenvalue weighted by molar-refractivity contribution is 6.02. The number of aliphatic hydroxyl groups is 1. The Morgan fingerprint density at radius 2 is 1.12 bits per heavy atom. The summed E-state index contributed by atoms with van der Waals surface area (Å²) in [7, 11) is 1.84. The molecule has 0 aliphatic carbocycles. The second-order valence-electron chi connectivity index (χ2n) is 9.66. The summed E-state index contributed by atoms with van der Waals surface area (Å²) < 4.78 is 0. The van der Waals surface area contributed by atoms with Gasteiger partial charge in [-0.1, -0.05) is 78.9 Å². The fourth-order valence-electron chi connectivity index (χ4n) is 4.78. The van der Waals surface area contributed by atoms with Gasteiger partial charge in [0.2, 0.25) is 0 Å². The normalized spacial score (nSPS) is 12.4. The van der Waals surface area contributed by atoms with Crippen LogP contribution in [-0.2, 0) is 6.42 Å². The lowest BCUT2D eigenvalue weighted by atomic mass is 9.90. The van der Waals surface area contributed by atoms with E-state index in [0.29, 0.717) is 32.7 Å². The van der Waals surface area contributed by atoms with E-state index in [4.69, 9.17) is 0 Å². The van der Waals surface area contributed by atoms with Crippen molar-refractivity contribution in [3.63, 3.8) is 0 Å². The number of aromatic carboxylic acids is 2. The van der Waals surface area contributed by atoms with Crippen molar-refractivity contribution >= 4 is 33.5 Å². The number of hydrogen-bond donors (Lipinski definition) is 6. The number of rotatable bonds is 7. The first-order chi connectivity index (χ1) is 19.6. The Kier molecular flexibility index (Phi) is 8.87. The van der Waals surface area contributed by atoms with Crippen LogP contribution >= 0.6 is 0 Å². The van der Waals surface area contributed by atoms with Crippen LogP contribution in [0.3, 0.4) is 0 Å². The molecule has 6 N–H and O–H groups in total. The van der Waals surface area contributed by atoms with Crippen LogP contribution in [0.5, 0.6) is 11.5 Å². The molecule has 0 radical (unpaired) electrons. The maximum Gasteiger partial charge on any atom is 0.339 e. The molecule has 5 aromatic rings. The summed E-state index contributed by atoms with van der Waals surface area (Å²) in [4.78, 5) is 23.2. The Morgan fingerprint density at radius 3 is 1.54 bits per heavy atom. The zero-order valence-electron chi connectivity index (χ0n) is 22.6. The Bertz CT molecular complexity index is 1620. The molecule has 41 heavy (non-hydrogen) atoms. The molecule has 210 valence electrons. The number of fused-ring (bicyclic) bond motifs is 2. The molecular weight excluding hydrogens is 522 g/mol. The molecule has 8 heteroatoms. The van der Waals surface area contributed by atoms with Gasteiger partial charge in [-0.25, -0.2) is 9.59 Å². The number of hydrogen-bond acceptors (Lipinski definition) is 6. The average Bonchev–Trinajstić information content (AvgIpc) is 2.98. The minimum absolute atomic E-state index is 0.0407. The third kappa shape index (κ3) is 6.14. The first kappa shape index (κ1) is 29.1. The Hall–Kier alpha value is -4.92. The highest BCUT2D eigenvalue weighted by Gasteiger charge is 2.22. The van der Waals surface area contributed by atoms with E-state index in [1.807, 2.05) is 44.3 Å². The van der Waals surface area contributed by atoms with E-state index < -0.39 is 29.5 Å². The highest BCUT2D eigenvalue weighted by Crippen LogP contribution is 2.38. The van der Waals surface area contributed by atoms with Crippen LogP contribution in [0.15, 0.2) is 91.0 Å². The van der Waals surface area contributed by atoms with Gasteiger partial charge in [-0.2, -0.15) is 0 Å². The molecule has 0 saturated heterocycles. The van der Waals surface area contributed by atoms with Crippen molar-refractivity contribution in [2.45, 2.75) is 25.5 Å². The minimum atomic E-state index is -1.28. The summed E-state index contributed by atoms with van der Waals surface area (Å²) in [6.07, 6.45) is -0.461. The lowest BCUT2D eigenvalue weighted by Crippen LogP contribution is -2.28. The summed E-state index contributed by atoms with van der Waals surface area (Å²) >= 11 is 0. The van der Waals surface area contributed by atoms with Crippen LogP contribution in [0.25, 0.3) is 21.5 Å². The molecular formula is C33H31NO7. The molecule has 5 aromatic carbocycles. The van der Waals surface area contributed by atoms with Crippen LogP contribution < -0.4 is 5.32 Å². The van der Waals surface area contributed by atoms with Crippen molar-refractivity contribution < 1.29 is 35.1 Å². The maximum atomic E-state index is 11.6. The zero-order valence-corrected chi connectivity index (χ0v) is 22.6. The highest BCUT2D eigenvalue weighted by atomic mass is 16.4. The predicted octanol–water partition coefficient (Wildman–Crippen LogP) is 5.72. The van der Waals surface area contributed by atoms with Crippen molar-refractivity contribution in [1.82, 2.24) is 5.32 Å². The SMILES string of the molecule is CN[C@@H](C)[C@H](O)c1ccccc1.O=C(O)c1cc2ccccc2c(Cc2c(O)c(C(=O)O)cc3ccccc23)c1O. The van der Waals surface area contributed by atoms with Crippen LogP contribution in [0.1, 0.15) is 50.4 Å². The first-order valence-corrected chi connectivity index (χ1v) is 13.0. The topological polar surface area (TPSA) is 147 Å². The van der Waals surface area contributed by atoms with E-state index in [0.717, 1.165) is 5.56 Å². The molecule has 0 aromatic heterocycles. The molecule has 8 nitrogen and oxygen atoms in total. The van der Waals surface area contributed by atoms with Crippen molar-refractivity contribution in [2.24, 2.45) is 0 Å². The second kappa shape index (κ2) is 12.5. The molecule has 5 rings (SSSR count). The van der Waals surface area contributed by atoms with E-state index in [1.54, 1.807) is 48.5 Å². The van der Waals surface area contributed by atoms with Crippen LogP contribution in [0.2, 0.25) is 0 Å². The molecule has 0 heterocycles. The lowest BCUT2D eigenvalue weighted by molar-refractivity contribution is 0.0682. The van der Waals surface area contributed by atoms with E-state index in [1.165, 1.54) is 12.1 Å². The first-order valence-electron chi connectivity index (χ1n) is 13.0. The molecule has 2 atom stereocenters. The lowest BCUT2D eigenvalue weighted by Gasteiger charge is -2.17. The molecule has 0 unspecified atom stereocenters. The van der Waals surface area contributed by atoms with Crippen molar-refractivity contribution in [2.75, 3.05) is 7.05 Å². The molecule has 0 amide bonds. The summed E-state index contributed by atoms with van der Waals surface area (Å²) in [5.41, 5.74) is 1.07. The molecule has 0 aliphatic rings. The minimum Gasteiger partial charge on any atom is -0.507 e. The number of aromatic hydroxyl groups is 2. The molecule has 0 aliphatic heterocycles. The van der Waals surface area contributed by atoms with E-state index in [-0.39, 0.29) is 23.6 Å². The van der Waals surface area contributed by atoms with Gasteiger partial charge in [0.25, 0.3) is 0 Å². The van der Waals surface area contributed by atoms with E-state index in [9.17, 15) is 35.1 Å². The summed E-state index contributed by atoms with van der Waals surface area (Å²) in [5, 5.41) is 55.5. The standard InChI is InChI=1S/C23H16O6.C10H15NO/c24-20-16(14-7-3-1-5-12(14)9-18(20)22(26)27)11-17-15-8-4-2-6-13(15)10-19(21(17)25)23(28)29;1-8(11-2)10(12)9-6-4-3-5-7-9/h1-10,24-25H,11H2,(H,26,27)(H,28,29);3-8,10-12H,1-2H3/t;8-,10-/m.0/s1. The van der Waals surface area contributed by atoms with Gasteiger partial charge in [0.1, 0.15) is 22.6 Å². The fraction of sp³-hybridized carbons (Fsp3) is 0.152. The van der Waals surface area contributed by atoms with Crippen molar-refractivity contribution in [3.8, 4) is 11.5 Å². The summed E-state index contributed by atoms with van der Waals surface area (Å²) in [5.74, 6) is -3.36. The second-order valence-corrected chi connectivity index (χ2v) is 9.66. The van der Waals surface area contributed by atoms with Gasteiger partial charge >= 0.3 is 11.9 Å². The van der Waals surface area contributed by atoms with E-state index >= 15 is 0 Å².